The predicted molar refractivity (Wildman–Crippen MR) is 86.0 cm³/mol. The number of urea groups is 1. The van der Waals surface area contributed by atoms with Crippen molar-refractivity contribution >= 4 is 11.7 Å². The molecule has 6 nitrogen and oxygen atoms in total. The monoisotopic (exact) mass is 332 g/mol. The summed E-state index contributed by atoms with van der Waals surface area (Å²) in [6.45, 7) is 2.68. The number of rotatable bonds is 5. The Bertz CT molecular complexity index is 751. The third kappa shape index (κ3) is 3.68. The molecular weight excluding hydrogens is 315 g/mol. The quantitative estimate of drug-likeness (QED) is 0.882. The molecule has 1 aliphatic rings. The molecule has 126 valence electrons. The molecule has 0 atom stereocenters. The van der Waals surface area contributed by atoms with E-state index >= 15 is 0 Å². The third-order valence-corrected chi connectivity index (χ3v) is 3.38. The Hall–Kier alpha value is -2.96. The molecule has 0 aliphatic carbocycles. The second-order valence-electron chi connectivity index (χ2n) is 5.07. The van der Waals surface area contributed by atoms with Crippen LogP contribution in [0.3, 0.4) is 0 Å². The molecule has 3 rings (SSSR count). The molecule has 1 aliphatic heterocycles. The minimum atomic E-state index is -0.426. The number of hydrogen-bond donors (Lipinski definition) is 2. The maximum absolute atomic E-state index is 13.3. The van der Waals surface area contributed by atoms with Gasteiger partial charge < -0.3 is 24.8 Å². The summed E-state index contributed by atoms with van der Waals surface area (Å²) in [4.78, 5) is 12.0. The summed E-state index contributed by atoms with van der Waals surface area (Å²) >= 11 is 0. The lowest BCUT2D eigenvalue weighted by atomic mass is 10.2. The van der Waals surface area contributed by atoms with Gasteiger partial charge >= 0.3 is 6.03 Å². The highest BCUT2D eigenvalue weighted by molar-refractivity contribution is 5.90. The van der Waals surface area contributed by atoms with Gasteiger partial charge in [-0.15, -0.1) is 0 Å². The van der Waals surface area contributed by atoms with Crippen LogP contribution in [0.15, 0.2) is 36.4 Å². The van der Waals surface area contributed by atoms with Crippen LogP contribution in [-0.4, -0.2) is 19.4 Å². The molecule has 0 spiro atoms. The van der Waals surface area contributed by atoms with E-state index in [1.807, 2.05) is 12.1 Å². The molecule has 0 unspecified atom stereocenters. The molecule has 1 heterocycles. The number of anilines is 1. The summed E-state index contributed by atoms with van der Waals surface area (Å²) < 4.78 is 29.1. The van der Waals surface area contributed by atoms with Gasteiger partial charge in [-0.3, -0.25) is 0 Å². The van der Waals surface area contributed by atoms with E-state index in [0.717, 1.165) is 5.56 Å². The molecule has 0 saturated carbocycles. The second-order valence-corrected chi connectivity index (χ2v) is 5.07. The lowest BCUT2D eigenvalue weighted by Gasteiger charge is -2.12. The Labute approximate surface area is 138 Å². The van der Waals surface area contributed by atoms with E-state index in [2.05, 4.69) is 10.6 Å². The molecule has 2 N–H and O–H groups in total. The van der Waals surface area contributed by atoms with Gasteiger partial charge in [0.25, 0.3) is 0 Å². The van der Waals surface area contributed by atoms with E-state index < -0.39 is 11.8 Å². The van der Waals surface area contributed by atoms with Crippen LogP contribution >= 0.6 is 0 Å². The average molecular weight is 332 g/mol. The Morgan fingerprint density at radius 3 is 2.88 bits per heavy atom. The van der Waals surface area contributed by atoms with Crippen LogP contribution in [0.25, 0.3) is 0 Å². The highest BCUT2D eigenvalue weighted by Crippen LogP contribution is 2.32. The largest absolute Gasteiger partial charge is 0.492 e. The van der Waals surface area contributed by atoms with Crippen molar-refractivity contribution in [2.75, 3.05) is 18.7 Å². The summed E-state index contributed by atoms with van der Waals surface area (Å²) in [6.07, 6.45) is 0. The van der Waals surface area contributed by atoms with E-state index in [1.165, 1.54) is 18.2 Å². The van der Waals surface area contributed by atoms with Crippen LogP contribution in [0.1, 0.15) is 12.5 Å². The minimum Gasteiger partial charge on any atom is -0.492 e. The summed E-state index contributed by atoms with van der Waals surface area (Å²) in [6, 6.07) is 8.99. The molecule has 2 aromatic rings. The van der Waals surface area contributed by atoms with Gasteiger partial charge in [0.2, 0.25) is 6.79 Å². The first kappa shape index (κ1) is 15.9. The van der Waals surface area contributed by atoms with Gasteiger partial charge in [0.1, 0.15) is 11.6 Å². The first-order valence-electron chi connectivity index (χ1n) is 7.51. The number of nitrogens with one attached hydrogen (secondary N) is 2. The summed E-state index contributed by atoms with van der Waals surface area (Å²) in [7, 11) is 0. The van der Waals surface area contributed by atoms with Crippen LogP contribution in [0, 0.1) is 5.82 Å². The minimum absolute atomic E-state index is 0.206. The standard InChI is InChI=1S/C17H17FN2O4/c1-2-22-15-8-12(18)4-5-13(15)20-17(21)19-9-11-3-6-14-16(7-11)24-10-23-14/h3-8H,2,9-10H2,1H3,(H2,19,20,21). The van der Waals surface area contributed by atoms with Crippen molar-refractivity contribution in [2.45, 2.75) is 13.5 Å². The molecule has 2 amide bonds. The Morgan fingerprint density at radius 2 is 2.04 bits per heavy atom. The van der Waals surface area contributed by atoms with E-state index in [9.17, 15) is 9.18 Å². The summed E-state index contributed by atoms with van der Waals surface area (Å²) in [5.74, 6) is 1.21. The van der Waals surface area contributed by atoms with Gasteiger partial charge in [0, 0.05) is 12.6 Å². The Balaban J connectivity index is 1.60. The van der Waals surface area contributed by atoms with Crippen LogP contribution in [-0.2, 0) is 6.54 Å². The molecule has 0 saturated heterocycles. The molecule has 24 heavy (non-hydrogen) atoms. The number of benzene rings is 2. The van der Waals surface area contributed by atoms with Crippen molar-refractivity contribution in [2.24, 2.45) is 0 Å². The van der Waals surface area contributed by atoms with Gasteiger partial charge in [0.15, 0.2) is 11.5 Å². The zero-order chi connectivity index (χ0) is 16.9. The molecule has 7 heteroatoms. The molecule has 0 radical (unpaired) electrons. The zero-order valence-corrected chi connectivity index (χ0v) is 13.1. The van der Waals surface area contributed by atoms with E-state index in [-0.39, 0.29) is 12.5 Å². The number of fused-ring (bicyclic) bond motifs is 1. The number of carbonyl (C=O) groups is 1. The van der Waals surface area contributed by atoms with Gasteiger partial charge in [-0.2, -0.15) is 0 Å². The van der Waals surface area contributed by atoms with Gasteiger partial charge in [-0.05, 0) is 36.8 Å². The van der Waals surface area contributed by atoms with E-state index in [4.69, 9.17) is 14.2 Å². The maximum Gasteiger partial charge on any atom is 0.319 e. The average Bonchev–Trinajstić information content (AvgIpc) is 3.03. The van der Waals surface area contributed by atoms with E-state index in [1.54, 1.807) is 13.0 Å². The van der Waals surface area contributed by atoms with Crippen molar-refractivity contribution in [1.82, 2.24) is 5.32 Å². The Kier molecular flexibility index (Phi) is 4.69. The van der Waals surface area contributed by atoms with Gasteiger partial charge in [-0.25, -0.2) is 9.18 Å². The topological polar surface area (TPSA) is 68.8 Å². The third-order valence-electron chi connectivity index (χ3n) is 3.38. The number of amides is 2. The predicted octanol–water partition coefficient (Wildman–Crippen LogP) is 3.27. The normalized spacial score (nSPS) is 11.9. The summed E-state index contributed by atoms with van der Waals surface area (Å²) in [5, 5.41) is 5.37. The van der Waals surface area contributed by atoms with Crippen molar-refractivity contribution in [3.05, 3.63) is 47.8 Å². The molecule has 0 bridgehead atoms. The van der Waals surface area contributed by atoms with Gasteiger partial charge in [0.05, 0.1) is 12.3 Å². The number of ether oxygens (including phenoxy) is 3. The lowest BCUT2D eigenvalue weighted by molar-refractivity contribution is 0.174. The molecular formula is C17H17FN2O4. The zero-order valence-electron chi connectivity index (χ0n) is 13.1. The number of carbonyl (C=O) groups excluding carboxylic acids is 1. The highest BCUT2D eigenvalue weighted by Gasteiger charge is 2.14. The van der Waals surface area contributed by atoms with Gasteiger partial charge in [-0.1, -0.05) is 6.07 Å². The van der Waals surface area contributed by atoms with Crippen LogP contribution in [0.4, 0.5) is 14.9 Å². The Morgan fingerprint density at radius 1 is 1.21 bits per heavy atom. The van der Waals surface area contributed by atoms with Crippen LogP contribution < -0.4 is 24.8 Å². The van der Waals surface area contributed by atoms with Crippen molar-refractivity contribution in [1.29, 1.82) is 0 Å². The lowest BCUT2D eigenvalue weighted by Crippen LogP contribution is -2.28. The second kappa shape index (κ2) is 7.08. The maximum atomic E-state index is 13.3. The molecule has 0 fully saturated rings. The highest BCUT2D eigenvalue weighted by atomic mass is 19.1. The number of halogens is 1. The fourth-order valence-electron chi connectivity index (χ4n) is 2.27. The number of hydrogen-bond acceptors (Lipinski definition) is 4. The van der Waals surface area contributed by atoms with Crippen molar-refractivity contribution in [3.8, 4) is 17.2 Å². The van der Waals surface area contributed by atoms with Crippen LogP contribution in [0.5, 0.6) is 17.2 Å². The molecule has 0 aromatic heterocycles. The van der Waals surface area contributed by atoms with Crippen LogP contribution in [0.2, 0.25) is 0 Å². The van der Waals surface area contributed by atoms with Crippen molar-refractivity contribution in [3.63, 3.8) is 0 Å². The first-order valence-corrected chi connectivity index (χ1v) is 7.51. The van der Waals surface area contributed by atoms with E-state index in [0.29, 0.717) is 30.3 Å². The summed E-state index contributed by atoms with van der Waals surface area (Å²) in [5.41, 5.74) is 1.28. The SMILES string of the molecule is CCOc1cc(F)ccc1NC(=O)NCc1ccc2c(c1)OCO2. The first-order chi connectivity index (χ1) is 11.7. The molecule has 2 aromatic carbocycles. The fourth-order valence-corrected chi connectivity index (χ4v) is 2.27. The fraction of sp³-hybridized carbons (Fsp3) is 0.235. The smallest absolute Gasteiger partial charge is 0.319 e. The van der Waals surface area contributed by atoms with Crippen molar-refractivity contribution < 1.29 is 23.4 Å².